The molecule has 1 aromatic carbocycles. The predicted octanol–water partition coefficient (Wildman–Crippen LogP) is 1.43. The molecule has 7 heteroatoms. The number of methoxy groups -OCH3 is 2. The molecule has 0 bridgehead atoms. The van der Waals surface area contributed by atoms with E-state index in [9.17, 15) is 0 Å². The maximum atomic E-state index is 5.29. The molecule has 2 rings (SSSR count). The fourth-order valence-electron chi connectivity index (χ4n) is 1.89. The first-order valence-electron chi connectivity index (χ1n) is 6.50. The van der Waals surface area contributed by atoms with Gasteiger partial charge in [-0.1, -0.05) is 6.07 Å². The third kappa shape index (κ3) is 3.96. The first-order chi connectivity index (χ1) is 10.3. The summed E-state index contributed by atoms with van der Waals surface area (Å²) in [6.07, 6.45) is 4.03. The van der Waals surface area contributed by atoms with Crippen LogP contribution in [0.4, 0.5) is 11.6 Å². The molecule has 0 saturated carbocycles. The normalized spacial score (nSPS) is 10.0. The molecule has 0 aliphatic carbocycles. The van der Waals surface area contributed by atoms with Gasteiger partial charge in [0.25, 0.3) is 0 Å². The third-order valence-electron chi connectivity index (χ3n) is 2.95. The Hall–Kier alpha value is -2.54. The third-order valence-corrected chi connectivity index (χ3v) is 2.95. The SMILES string of the molecule is COc1ccc(CCNc2cncc(NN)n2)cc1OC. The highest BCUT2D eigenvalue weighted by molar-refractivity contribution is 5.44. The predicted molar refractivity (Wildman–Crippen MR) is 81.6 cm³/mol. The van der Waals surface area contributed by atoms with E-state index >= 15 is 0 Å². The van der Waals surface area contributed by atoms with Crippen molar-refractivity contribution in [3.05, 3.63) is 36.2 Å². The van der Waals surface area contributed by atoms with Crippen LogP contribution in [0.1, 0.15) is 5.56 Å². The lowest BCUT2D eigenvalue weighted by Gasteiger charge is -2.10. The summed E-state index contributed by atoms with van der Waals surface area (Å²) in [4.78, 5) is 8.26. The number of nitrogens with two attached hydrogens (primary N) is 1. The van der Waals surface area contributed by atoms with Crippen molar-refractivity contribution in [3.8, 4) is 11.5 Å². The van der Waals surface area contributed by atoms with E-state index < -0.39 is 0 Å². The van der Waals surface area contributed by atoms with Crippen molar-refractivity contribution in [1.29, 1.82) is 0 Å². The molecule has 0 unspecified atom stereocenters. The maximum Gasteiger partial charge on any atom is 0.160 e. The molecule has 4 N–H and O–H groups in total. The van der Waals surface area contributed by atoms with Crippen LogP contribution in [0, 0.1) is 0 Å². The van der Waals surface area contributed by atoms with Crippen LogP contribution < -0.4 is 26.1 Å². The molecule has 21 heavy (non-hydrogen) atoms. The van der Waals surface area contributed by atoms with Crippen molar-refractivity contribution in [2.45, 2.75) is 6.42 Å². The number of benzene rings is 1. The lowest BCUT2D eigenvalue weighted by molar-refractivity contribution is 0.354. The fraction of sp³-hybridized carbons (Fsp3) is 0.286. The number of hydrazine groups is 1. The molecule has 0 radical (unpaired) electrons. The van der Waals surface area contributed by atoms with E-state index in [1.165, 1.54) is 0 Å². The zero-order valence-electron chi connectivity index (χ0n) is 12.1. The van der Waals surface area contributed by atoms with Gasteiger partial charge in [-0.05, 0) is 24.1 Å². The van der Waals surface area contributed by atoms with Crippen LogP contribution in [0.2, 0.25) is 0 Å². The number of rotatable bonds is 7. The van der Waals surface area contributed by atoms with E-state index in [1.54, 1.807) is 26.6 Å². The van der Waals surface area contributed by atoms with Gasteiger partial charge in [0.2, 0.25) is 0 Å². The summed E-state index contributed by atoms with van der Waals surface area (Å²) in [5, 5.41) is 3.19. The zero-order chi connectivity index (χ0) is 15.1. The van der Waals surface area contributed by atoms with Crippen LogP contribution in [0.5, 0.6) is 11.5 Å². The Morgan fingerprint density at radius 2 is 1.86 bits per heavy atom. The van der Waals surface area contributed by atoms with E-state index in [4.69, 9.17) is 15.3 Å². The molecule has 2 aromatic rings. The van der Waals surface area contributed by atoms with Gasteiger partial charge in [-0.15, -0.1) is 0 Å². The molecule has 0 aliphatic heterocycles. The second kappa shape index (κ2) is 7.30. The molecule has 0 fully saturated rings. The minimum atomic E-state index is 0.520. The molecular formula is C14H19N5O2. The van der Waals surface area contributed by atoms with Gasteiger partial charge in [0.15, 0.2) is 17.3 Å². The minimum Gasteiger partial charge on any atom is -0.493 e. The van der Waals surface area contributed by atoms with Crippen LogP contribution in [-0.2, 0) is 6.42 Å². The molecular weight excluding hydrogens is 270 g/mol. The molecule has 1 heterocycles. The van der Waals surface area contributed by atoms with Crippen molar-refractivity contribution in [2.75, 3.05) is 31.5 Å². The topological polar surface area (TPSA) is 94.3 Å². The van der Waals surface area contributed by atoms with Crippen molar-refractivity contribution in [3.63, 3.8) is 0 Å². The Morgan fingerprint density at radius 1 is 1.10 bits per heavy atom. The van der Waals surface area contributed by atoms with Gasteiger partial charge < -0.3 is 20.2 Å². The largest absolute Gasteiger partial charge is 0.493 e. The highest BCUT2D eigenvalue weighted by atomic mass is 16.5. The zero-order valence-corrected chi connectivity index (χ0v) is 12.1. The van der Waals surface area contributed by atoms with E-state index in [2.05, 4.69) is 20.7 Å². The highest BCUT2D eigenvalue weighted by Crippen LogP contribution is 2.27. The molecule has 0 amide bonds. The van der Waals surface area contributed by atoms with E-state index in [-0.39, 0.29) is 0 Å². The molecule has 112 valence electrons. The van der Waals surface area contributed by atoms with Crippen molar-refractivity contribution < 1.29 is 9.47 Å². The molecule has 0 aliphatic rings. The van der Waals surface area contributed by atoms with Crippen molar-refractivity contribution in [2.24, 2.45) is 5.84 Å². The Balaban J connectivity index is 1.93. The monoisotopic (exact) mass is 289 g/mol. The van der Waals surface area contributed by atoms with Crippen LogP contribution in [0.15, 0.2) is 30.6 Å². The van der Waals surface area contributed by atoms with Crippen LogP contribution in [-0.4, -0.2) is 30.7 Å². The van der Waals surface area contributed by atoms with Gasteiger partial charge in [0.1, 0.15) is 5.82 Å². The summed E-state index contributed by atoms with van der Waals surface area (Å²) in [7, 11) is 3.25. The summed E-state index contributed by atoms with van der Waals surface area (Å²) in [6, 6.07) is 5.86. The number of aromatic nitrogens is 2. The van der Waals surface area contributed by atoms with Gasteiger partial charge in [0.05, 0.1) is 26.6 Å². The molecule has 7 nitrogen and oxygen atoms in total. The number of hydrogen-bond acceptors (Lipinski definition) is 7. The Morgan fingerprint density at radius 3 is 2.57 bits per heavy atom. The quantitative estimate of drug-likeness (QED) is 0.524. The van der Waals surface area contributed by atoms with Gasteiger partial charge in [0, 0.05) is 6.54 Å². The van der Waals surface area contributed by atoms with Crippen LogP contribution in [0.25, 0.3) is 0 Å². The summed E-state index contributed by atoms with van der Waals surface area (Å²) >= 11 is 0. The number of nitrogens with zero attached hydrogens (tertiary/aromatic N) is 2. The lowest BCUT2D eigenvalue weighted by Crippen LogP contribution is -2.11. The van der Waals surface area contributed by atoms with Gasteiger partial charge in [-0.3, -0.25) is 4.98 Å². The van der Waals surface area contributed by atoms with E-state index in [0.717, 1.165) is 30.0 Å². The van der Waals surface area contributed by atoms with Gasteiger partial charge >= 0.3 is 0 Å². The average Bonchev–Trinajstić information content (AvgIpc) is 2.55. The molecule has 1 aromatic heterocycles. The number of ether oxygens (including phenoxy) is 2. The number of nitrogens with one attached hydrogen (secondary N) is 2. The fourth-order valence-corrected chi connectivity index (χ4v) is 1.89. The molecule has 0 saturated heterocycles. The van der Waals surface area contributed by atoms with Gasteiger partial charge in [-0.2, -0.15) is 0 Å². The number of hydrogen-bond donors (Lipinski definition) is 3. The van der Waals surface area contributed by atoms with Crippen LogP contribution >= 0.6 is 0 Å². The Kier molecular flexibility index (Phi) is 5.16. The highest BCUT2D eigenvalue weighted by Gasteiger charge is 2.04. The lowest BCUT2D eigenvalue weighted by atomic mass is 10.1. The van der Waals surface area contributed by atoms with Crippen LogP contribution in [0.3, 0.4) is 0 Å². The standard InChI is InChI=1S/C14H19N5O2/c1-20-11-4-3-10(7-12(11)21-2)5-6-17-13-8-16-9-14(18-13)19-15/h3-4,7-9H,5-6,15H2,1-2H3,(H2,17,18,19). The van der Waals surface area contributed by atoms with Crippen molar-refractivity contribution in [1.82, 2.24) is 9.97 Å². The van der Waals surface area contributed by atoms with E-state index in [0.29, 0.717) is 11.6 Å². The second-order valence-corrected chi connectivity index (χ2v) is 4.30. The van der Waals surface area contributed by atoms with E-state index in [1.807, 2.05) is 18.2 Å². The summed E-state index contributed by atoms with van der Waals surface area (Å²) in [5.41, 5.74) is 3.60. The summed E-state index contributed by atoms with van der Waals surface area (Å²) < 4.78 is 10.5. The maximum absolute atomic E-state index is 5.29. The number of anilines is 2. The van der Waals surface area contributed by atoms with Gasteiger partial charge in [-0.25, -0.2) is 10.8 Å². The summed E-state index contributed by atoms with van der Waals surface area (Å²) in [6.45, 7) is 0.720. The summed E-state index contributed by atoms with van der Waals surface area (Å²) in [5.74, 6) is 7.93. The first kappa shape index (κ1) is 14.9. The minimum absolute atomic E-state index is 0.520. The molecule has 0 spiro atoms. The van der Waals surface area contributed by atoms with Crippen molar-refractivity contribution >= 4 is 11.6 Å². The number of nitrogen functional groups attached to an aromatic ring is 1. The Labute approximate surface area is 123 Å². The molecule has 0 atom stereocenters. The average molecular weight is 289 g/mol. The smallest absolute Gasteiger partial charge is 0.160 e. The second-order valence-electron chi connectivity index (χ2n) is 4.30. The first-order valence-corrected chi connectivity index (χ1v) is 6.50. The Bertz CT molecular complexity index is 591.